The standard InChI is InChI=1S/C10H13N/c1-7-8(2)11-6-9-4-3-5-10(7)9/h6H,3-5H2,1-2H3. The van der Waals surface area contributed by atoms with Crippen LogP contribution in [0.3, 0.4) is 0 Å². The molecule has 1 nitrogen and oxygen atoms in total. The normalized spacial score (nSPS) is 15.1. The van der Waals surface area contributed by atoms with E-state index in [1.54, 1.807) is 5.56 Å². The van der Waals surface area contributed by atoms with Crippen molar-refractivity contribution in [2.24, 2.45) is 0 Å². The van der Waals surface area contributed by atoms with Crippen LogP contribution in [-0.4, -0.2) is 4.98 Å². The van der Waals surface area contributed by atoms with Gasteiger partial charge in [-0.15, -0.1) is 0 Å². The van der Waals surface area contributed by atoms with Crippen LogP contribution in [-0.2, 0) is 12.8 Å². The second-order valence-corrected chi connectivity index (χ2v) is 3.33. The Hall–Kier alpha value is -0.850. The zero-order chi connectivity index (χ0) is 7.84. The molecule has 1 heterocycles. The second kappa shape index (κ2) is 2.33. The van der Waals surface area contributed by atoms with Crippen molar-refractivity contribution >= 4 is 0 Å². The quantitative estimate of drug-likeness (QED) is 0.548. The Bertz CT molecular complexity index is 289. The van der Waals surface area contributed by atoms with Crippen LogP contribution in [0.5, 0.6) is 0 Å². The summed E-state index contributed by atoms with van der Waals surface area (Å²) in [7, 11) is 0. The number of aryl methyl sites for hydroxylation is 2. The number of fused-ring (bicyclic) bond motifs is 1. The molecule has 0 atom stereocenters. The van der Waals surface area contributed by atoms with Crippen LogP contribution in [0.4, 0.5) is 0 Å². The Morgan fingerprint density at radius 3 is 2.91 bits per heavy atom. The third-order valence-corrected chi connectivity index (χ3v) is 2.67. The molecular weight excluding hydrogens is 134 g/mol. The molecule has 2 rings (SSSR count). The van der Waals surface area contributed by atoms with Crippen molar-refractivity contribution in [3.8, 4) is 0 Å². The fraction of sp³-hybridized carbons (Fsp3) is 0.500. The van der Waals surface area contributed by atoms with E-state index in [4.69, 9.17) is 0 Å². The Morgan fingerprint density at radius 1 is 1.27 bits per heavy atom. The molecule has 1 heteroatoms. The van der Waals surface area contributed by atoms with Crippen molar-refractivity contribution in [3.05, 3.63) is 28.6 Å². The van der Waals surface area contributed by atoms with Gasteiger partial charge in [0.05, 0.1) is 0 Å². The van der Waals surface area contributed by atoms with E-state index in [2.05, 4.69) is 18.8 Å². The average molecular weight is 147 g/mol. The lowest BCUT2D eigenvalue weighted by Gasteiger charge is -2.04. The molecule has 0 bridgehead atoms. The van der Waals surface area contributed by atoms with Crippen molar-refractivity contribution in [3.63, 3.8) is 0 Å². The maximum Gasteiger partial charge on any atom is 0.0404 e. The van der Waals surface area contributed by atoms with Gasteiger partial charge in [0, 0.05) is 11.9 Å². The minimum absolute atomic E-state index is 1.20. The third-order valence-electron chi connectivity index (χ3n) is 2.67. The summed E-state index contributed by atoms with van der Waals surface area (Å²) in [5, 5.41) is 0. The topological polar surface area (TPSA) is 12.9 Å². The van der Waals surface area contributed by atoms with E-state index in [9.17, 15) is 0 Å². The number of nitrogens with zero attached hydrogens (tertiary/aromatic N) is 1. The highest BCUT2D eigenvalue weighted by atomic mass is 14.7. The highest BCUT2D eigenvalue weighted by Gasteiger charge is 2.13. The van der Waals surface area contributed by atoms with Gasteiger partial charge in [0.2, 0.25) is 0 Å². The van der Waals surface area contributed by atoms with E-state index in [-0.39, 0.29) is 0 Å². The molecule has 0 saturated heterocycles. The molecule has 0 fully saturated rings. The first-order chi connectivity index (χ1) is 5.29. The monoisotopic (exact) mass is 147 g/mol. The summed E-state index contributed by atoms with van der Waals surface area (Å²) in [6.07, 6.45) is 5.87. The van der Waals surface area contributed by atoms with Gasteiger partial charge >= 0.3 is 0 Å². The number of aromatic nitrogens is 1. The van der Waals surface area contributed by atoms with Gasteiger partial charge in [0.15, 0.2) is 0 Å². The number of rotatable bonds is 0. The van der Waals surface area contributed by atoms with Gasteiger partial charge in [-0.25, -0.2) is 0 Å². The van der Waals surface area contributed by atoms with E-state index in [0.717, 1.165) is 0 Å². The van der Waals surface area contributed by atoms with Crippen LogP contribution in [0.25, 0.3) is 0 Å². The van der Waals surface area contributed by atoms with Crippen LogP contribution in [0.15, 0.2) is 6.20 Å². The molecule has 0 aliphatic heterocycles. The average Bonchev–Trinajstić information content (AvgIpc) is 2.45. The predicted octanol–water partition coefficient (Wildman–Crippen LogP) is 2.19. The molecular formula is C10H13N. The molecule has 0 N–H and O–H groups in total. The van der Waals surface area contributed by atoms with Crippen molar-refractivity contribution in [2.75, 3.05) is 0 Å². The second-order valence-electron chi connectivity index (χ2n) is 3.33. The van der Waals surface area contributed by atoms with Crippen LogP contribution in [0, 0.1) is 13.8 Å². The van der Waals surface area contributed by atoms with Crippen molar-refractivity contribution in [1.82, 2.24) is 4.98 Å². The van der Waals surface area contributed by atoms with E-state index in [1.165, 1.54) is 36.1 Å². The van der Waals surface area contributed by atoms with Gasteiger partial charge in [0.25, 0.3) is 0 Å². The first-order valence-corrected chi connectivity index (χ1v) is 4.23. The van der Waals surface area contributed by atoms with Crippen LogP contribution >= 0.6 is 0 Å². The zero-order valence-electron chi connectivity index (χ0n) is 7.15. The molecule has 0 unspecified atom stereocenters. The van der Waals surface area contributed by atoms with Crippen molar-refractivity contribution in [2.45, 2.75) is 33.1 Å². The van der Waals surface area contributed by atoms with Crippen molar-refractivity contribution in [1.29, 1.82) is 0 Å². The first kappa shape index (κ1) is 6.84. The summed E-state index contributed by atoms with van der Waals surface area (Å²) >= 11 is 0. The molecule has 1 aromatic rings. The largest absolute Gasteiger partial charge is 0.261 e. The SMILES string of the molecule is Cc1ncc2c(c1C)CCC2. The molecule has 0 amide bonds. The summed E-state index contributed by atoms with van der Waals surface area (Å²) in [5.74, 6) is 0. The zero-order valence-corrected chi connectivity index (χ0v) is 7.15. The minimum Gasteiger partial charge on any atom is -0.261 e. The summed E-state index contributed by atoms with van der Waals surface area (Å²) in [6.45, 7) is 4.28. The summed E-state index contributed by atoms with van der Waals surface area (Å²) in [6, 6.07) is 0. The molecule has 1 aliphatic rings. The van der Waals surface area contributed by atoms with Gasteiger partial charge in [-0.1, -0.05) is 0 Å². The van der Waals surface area contributed by atoms with E-state index < -0.39 is 0 Å². The van der Waals surface area contributed by atoms with Crippen molar-refractivity contribution < 1.29 is 0 Å². The molecule has 58 valence electrons. The molecule has 0 radical (unpaired) electrons. The van der Waals surface area contributed by atoms with Gasteiger partial charge in [0.1, 0.15) is 0 Å². The molecule has 1 aliphatic carbocycles. The highest BCUT2D eigenvalue weighted by molar-refractivity contribution is 5.37. The lowest BCUT2D eigenvalue weighted by Crippen LogP contribution is -1.93. The maximum absolute atomic E-state index is 4.35. The first-order valence-electron chi connectivity index (χ1n) is 4.23. The van der Waals surface area contributed by atoms with Gasteiger partial charge in [-0.3, -0.25) is 4.98 Å². The maximum atomic E-state index is 4.35. The number of hydrogen-bond donors (Lipinski definition) is 0. The molecule has 0 aromatic carbocycles. The molecule has 1 aromatic heterocycles. The Balaban J connectivity index is 2.62. The van der Waals surface area contributed by atoms with Crippen LogP contribution in [0.1, 0.15) is 28.8 Å². The van der Waals surface area contributed by atoms with Crippen LogP contribution in [0.2, 0.25) is 0 Å². The van der Waals surface area contributed by atoms with Crippen LogP contribution < -0.4 is 0 Å². The number of hydrogen-bond acceptors (Lipinski definition) is 1. The molecule has 0 spiro atoms. The predicted molar refractivity (Wildman–Crippen MR) is 45.7 cm³/mol. The van der Waals surface area contributed by atoms with E-state index in [1.807, 2.05) is 6.20 Å². The summed E-state index contributed by atoms with van der Waals surface area (Å²) in [5.41, 5.74) is 5.66. The molecule has 0 saturated carbocycles. The van der Waals surface area contributed by atoms with Gasteiger partial charge < -0.3 is 0 Å². The fourth-order valence-corrected chi connectivity index (χ4v) is 1.83. The lowest BCUT2D eigenvalue weighted by atomic mass is 10.1. The van der Waals surface area contributed by atoms with E-state index >= 15 is 0 Å². The third kappa shape index (κ3) is 0.953. The summed E-state index contributed by atoms with van der Waals surface area (Å²) < 4.78 is 0. The van der Waals surface area contributed by atoms with Gasteiger partial charge in [-0.2, -0.15) is 0 Å². The Morgan fingerprint density at radius 2 is 2.09 bits per heavy atom. The smallest absolute Gasteiger partial charge is 0.0404 e. The Kier molecular flexibility index (Phi) is 1.45. The van der Waals surface area contributed by atoms with E-state index in [0.29, 0.717) is 0 Å². The molecule has 11 heavy (non-hydrogen) atoms. The highest BCUT2D eigenvalue weighted by Crippen LogP contribution is 2.25. The number of pyridine rings is 1. The summed E-state index contributed by atoms with van der Waals surface area (Å²) in [4.78, 5) is 4.35. The Labute approximate surface area is 67.5 Å². The van der Waals surface area contributed by atoms with Gasteiger partial charge in [-0.05, 0) is 49.8 Å². The fourth-order valence-electron chi connectivity index (χ4n) is 1.83. The lowest BCUT2D eigenvalue weighted by molar-refractivity contribution is 0.909. The minimum atomic E-state index is 1.20.